The first-order chi connectivity index (χ1) is 14.1. The van der Waals surface area contributed by atoms with Gasteiger partial charge in [0.25, 0.3) is 5.91 Å². The highest BCUT2D eigenvalue weighted by Gasteiger charge is 2.40. The Hall–Kier alpha value is -3.15. The van der Waals surface area contributed by atoms with Gasteiger partial charge in [-0.05, 0) is 43.5 Å². The van der Waals surface area contributed by atoms with E-state index in [1.165, 1.54) is 0 Å². The second-order valence-electron chi connectivity index (χ2n) is 7.97. The van der Waals surface area contributed by atoms with Gasteiger partial charge < -0.3 is 14.4 Å². The zero-order valence-corrected chi connectivity index (χ0v) is 16.7. The maximum Gasteiger partial charge on any atom is 0.255 e. The smallest absolute Gasteiger partial charge is 0.255 e. The Balaban J connectivity index is 1.42. The molecule has 0 unspecified atom stereocenters. The fourth-order valence-corrected chi connectivity index (χ4v) is 4.72. The lowest BCUT2D eigenvalue weighted by molar-refractivity contribution is -0.136. The Morgan fingerprint density at radius 2 is 1.90 bits per heavy atom. The Kier molecular flexibility index (Phi) is 4.15. The summed E-state index contributed by atoms with van der Waals surface area (Å²) in [5, 5.41) is 0. The first-order valence-electron chi connectivity index (χ1n) is 10.2. The van der Waals surface area contributed by atoms with Gasteiger partial charge in [0.1, 0.15) is 11.9 Å². The van der Waals surface area contributed by atoms with Crippen LogP contribution in [-0.4, -0.2) is 43.8 Å². The van der Waals surface area contributed by atoms with Crippen LogP contribution in [0.5, 0.6) is 0 Å². The van der Waals surface area contributed by atoms with Crippen molar-refractivity contribution in [3.8, 4) is 0 Å². The lowest BCUT2D eigenvalue weighted by Gasteiger charge is -2.31. The number of para-hydroxylation sites is 2. The molecule has 2 atom stereocenters. The molecule has 3 aromatic rings. The molecule has 148 valence electrons. The van der Waals surface area contributed by atoms with Gasteiger partial charge in [0, 0.05) is 25.7 Å². The second kappa shape index (κ2) is 6.72. The summed E-state index contributed by atoms with van der Waals surface area (Å²) < 4.78 is 2.09. The fourth-order valence-electron chi connectivity index (χ4n) is 4.72. The number of amides is 2. The van der Waals surface area contributed by atoms with E-state index < -0.39 is 6.04 Å². The number of carbonyl (C=O) groups excluding carboxylic acids is 2. The number of benzene rings is 2. The van der Waals surface area contributed by atoms with Crippen LogP contribution in [0.2, 0.25) is 0 Å². The first kappa shape index (κ1) is 17.9. The van der Waals surface area contributed by atoms with E-state index in [2.05, 4.69) is 10.6 Å². The molecule has 0 spiro atoms. The van der Waals surface area contributed by atoms with Gasteiger partial charge in [-0.1, -0.05) is 30.3 Å². The van der Waals surface area contributed by atoms with Gasteiger partial charge in [0.15, 0.2) is 0 Å². The molecule has 0 saturated carbocycles. The minimum absolute atomic E-state index is 0.000659. The molecule has 5 rings (SSSR count). The third-order valence-electron chi connectivity index (χ3n) is 6.33. The van der Waals surface area contributed by atoms with Gasteiger partial charge in [-0.3, -0.25) is 9.59 Å². The summed E-state index contributed by atoms with van der Waals surface area (Å²) in [7, 11) is 2.01. The number of nitrogens with zero attached hydrogens (tertiary/aromatic N) is 4. The fraction of sp³-hybridized carbons (Fsp3) is 0.348. The largest absolute Gasteiger partial charge is 0.331 e. The van der Waals surface area contributed by atoms with Crippen molar-refractivity contribution in [3.05, 3.63) is 65.5 Å². The monoisotopic (exact) mass is 388 g/mol. The lowest BCUT2D eigenvalue weighted by Crippen LogP contribution is -2.47. The van der Waals surface area contributed by atoms with Gasteiger partial charge >= 0.3 is 0 Å². The van der Waals surface area contributed by atoms with Crippen LogP contribution in [0.15, 0.2) is 48.5 Å². The number of aryl methyl sites for hydroxylation is 1. The average Bonchev–Trinajstić information content (AvgIpc) is 3.44. The quantitative estimate of drug-likeness (QED) is 0.692. The molecule has 6 heteroatoms. The summed E-state index contributed by atoms with van der Waals surface area (Å²) in [4.78, 5) is 34.7. The van der Waals surface area contributed by atoms with Gasteiger partial charge in [-0.2, -0.15) is 0 Å². The molecule has 0 N–H and O–H groups in total. The van der Waals surface area contributed by atoms with E-state index in [0.29, 0.717) is 18.7 Å². The molecule has 1 aromatic heterocycles. The molecule has 0 radical (unpaired) electrons. The number of hydrogen-bond donors (Lipinski definition) is 0. The number of fused-ring (bicyclic) bond motifs is 2. The van der Waals surface area contributed by atoms with Crippen molar-refractivity contribution in [1.29, 1.82) is 0 Å². The van der Waals surface area contributed by atoms with Crippen LogP contribution in [0.3, 0.4) is 0 Å². The van der Waals surface area contributed by atoms with Crippen LogP contribution in [0.25, 0.3) is 11.0 Å². The predicted molar refractivity (Wildman–Crippen MR) is 110 cm³/mol. The van der Waals surface area contributed by atoms with Gasteiger partial charge in [0.05, 0.1) is 17.1 Å². The molecule has 1 fully saturated rings. The third-order valence-corrected chi connectivity index (χ3v) is 6.33. The maximum absolute atomic E-state index is 13.4. The Morgan fingerprint density at radius 3 is 2.69 bits per heavy atom. The third kappa shape index (κ3) is 2.74. The van der Waals surface area contributed by atoms with E-state index in [9.17, 15) is 9.59 Å². The normalized spacial score (nSPS) is 19.8. The zero-order chi connectivity index (χ0) is 20.1. The molecule has 6 nitrogen and oxygen atoms in total. The van der Waals surface area contributed by atoms with E-state index >= 15 is 0 Å². The second-order valence-corrected chi connectivity index (χ2v) is 7.97. The van der Waals surface area contributed by atoms with E-state index in [4.69, 9.17) is 4.98 Å². The molecule has 3 heterocycles. The Bertz CT molecular complexity index is 1120. The van der Waals surface area contributed by atoms with E-state index in [-0.39, 0.29) is 17.9 Å². The van der Waals surface area contributed by atoms with Crippen molar-refractivity contribution in [2.75, 3.05) is 6.54 Å². The van der Waals surface area contributed by atoms with Crippen molar-refractivity contribution >= 4 is 22.8 Å². The summed E-state index contributed by atoms with van der Waals surface area (Å²) in [6, 6.07) is 15.1. The summed E-state index contributed by atoms with van der Waals surface area (Å²) in [6.45, 7) is 3.04. The minimum Gasteiger partial charge on any atom is -0.331 e. The molecule has 1 saturated heterocycles. The lowest BCUT2D eigenvalue weighted by atomic mass is 10.1. The number of imidazole rings is 1. The molecular formula is C23H24N4O2. The summed E-state index contributed by atoms with van der Waals surface area (Å²) >= 11 is 0. The first-order valence-corrected chi connectivity index (χ1v) is 10.2. The zero-order valence-electron chi connectivity index (χ0n) is 16.7. The highest BCUT2D eigenvalue weighted by atomic mass is 16.2. The molecule has 2 aliphatic rings. The molecule has 2 aromatic carbocycles. The van der Waals surface area contributed by atoms with Crippen LogP contribution in [0.4, 0.5) is 0 Å². The SMILES string of the molecule is C[C@@H](C(=O)N1CCC[C@H]1c1nc2ccccc2n1C)N1Cc2ccccc2C1=O. The maximum atomic E-state index is 13.4. The predicted octanol–water partition coefficient (Wildman–Crippen LogP) is 3.28. The van der Waals surface area contributed by atoms with Crippen molar-refractivity contribution in [2.45, 2.75) is 38.4 Å². The number of aromatic nitrogens is 2. The van der Waals surface area contributed by atoms with E-state index in [0.717, 1.165) is 35.3 Å². The van der Waals surface area contributed by atoms with E-state index in [1.807, 2.05) is 61.3 Å². The van der Waals surface area contributed by atoms with Crippen LogP contribution in [0.1, 0.15) is 47.6 Å². The van der Waals surface area contributed by atoms with Crippen LogP contribution in [-0.2, 0) is 18.4 Å². The average molecular weight is 388 g/mol. The van der Waals surface area contributed by atoms with Crippen LogP contribution < -0.4 is 0 Å². The van der Waals surface area contributed by atoms with Crippen molar-refractivity contribution in [3.63, 3.8) is 0 Å². The van der Waals surface area contributed by atoms with Gasteiger partial charge in [-0.15, -0.1) is 0 Å². The minimum atomic E-state index is -0.495. The highest BCUT2D eigenvalue weighted by Crippen LogP contribution is 2.34. The van der Waals surface area contributed by atoms with E-state index in [1.54, 1.807) is 4.90 Å². The Morgan fingerprint density at radius 1 is 1.14 bits per heavy atom. The highest BCUT2D eigenvalue weighted by molar-refractivity contribution is 6.01. The topological polar surface area (TPSA) is 58.4 Å². The molecule has 0 bridgehead atoms. The number of carbonyl (C=O) groups is 2. The standard InChI is InChI=1S/C23H24N4O2/c1-15(27-14-16-8-3-4-9-17(16)23(27)29)22(28)26-13-7-12-20(26)21-24-18-10-5-6-11-19(18)25(21)2/h3-6,8-11,15,20H,7,12-14H2,1-2H3/t15-,20-/m0/s1. The summed E-state index contributed by atoms with van der Waals surface area (Å²) in [6.07, 6.45) is 1.84. The van der Waals surface area contributed by atoms with Crippen LogP contribution >= 0.6 is 0 Å². The molecule has 0 aliphatic carbocycles. The molecule has 2 aliphatic heterocycles. The van der Waals surface area contributed by atoms with Crippen molar-refractivity contribution in [2.24, 2.45) is 7.05 Å². The Labute approximate surface area is 169 Å². The number of hydrogen-bond acceptors (Lipinski definition) is 3. The molecular weight excluding hydrogens is 364 g/mol. The van der Waals surface area contributed by atoms with Crippen molar-refractivity contribution in [1.82, 2.24) is 19.4 Å². The summed E-state index contributed by atoms with van der Waals surface area (Å²) in [5.74, 6) is 0.862. The number of rotatable bonds is 3. The summed E-state index contributed by atoms with van der Waals surface area (Å²) in [5.41, 5.74) is 3.72. The van der Waals surface area contributed by atoms with Crippen LogP contribution in [0, 0.1) is 0 Å². The number of likely N-dealkylation sites (tertiary alicyclic amines) is 1. The van der Waals surface area contributed by atoms with Gasteiger partial charge in [0.2, 0.25) is 5.91 Å². The van der Waals surface area contributed by atoms with Crippen molar-refractivity contribution < 1.29 is 9.59 Å². The molecule has 2 amide bonds. The van der Waals surface area contributed by atoms with Gasteiger partial charge in [-0.25, -0.2) is 4.98 Å². The molecule has 29 heavy (non-hydrogen) atoms.